The highest BCUT2D eigenvalue weighted by Gasteiger charge is 2.64. The summed E-state index contributed by atoms with van der Waals surface area (Å²) in [5.41, 5.74) is 10.0. The number of nitrogens with zero attached hydrogens (tertiary/aromatic N) is 4. The summed E-state index contributed by atoms with van der Waals surface area (Å²) in [5, 5.41) is 28.6. The quantitative estimate of drug-likeness (QED) is 0.0415. The normalized spacial score (nSPS) is 38.0. The lowest BCUT2D eigenvalue weighted by Crippen LogP contribution is -2.70. The fraction of sp³-hybridized carbons (Fsp3) is 0.810. The molecule has 0 aromatic heterocycles. The number of hydrogen-bond donors (Lipinski definition) is 3. The molecule has 2 amide bonds. The Balaban J connectivity index is 1.02. The van der Waals surface area contributed by atoms with Gasteiger partial charge in [-0.2, -0.15) is 0 Å². The zero-order valence-corrected chi connectivity index (χ0v) is 33.5. The predicted octanol–water partition coefficient (Wildman–Crippen LogP) is 6.72. The molecular weight excluding hydrogens is 703 g/mol. The zero-order chi connectivity index (χ0) is 38.9. The van der Waals surface area contributed by atoms with Crippen molar-refractivity contribution in [2.45, 2.75) is 148 Å². The molecule has 13 atom stereocenters. The van der Waals surface area contributed by atoms with Crippen LogP contribution >= 0.6 is 11.8 Å². The van der Waals surface area contributed by atoms with Crippen LogP contribution in [0.4, 0.5) is 0 Å². The Hall–Kier alpha value is -2.84. The van der Waals surface area contributed by atoms with E-state index in [0.717, 1.165) is 44.1 Å². The molecule has 3 N–H and O–H groups in total. The number of unbranched alkanes of at least 4 members (excludes halogenated alkanes) is 1. The molecule has 0 aromatic rings. The number of carbonyl (C=O) groups is 4. The van der Waals surface area contributed by atoms with Crippen LogP contribution in [0, 0.1) is 64.6 Å². The maximum Gasteiger partial charge on any atom is 0.253 e. The van der Waals surface area contributed by atoms with Crippen LogP contribution in [-0.2, 0) is 19.2 Å². The highest BCUT2D eigenvalue weighted by Crippen LogP contribution is 2.68. The first-order valence-electron chi connectivity index (χ1n) is 20.5. The van der Waals surface area contributed by atoms with E-state index in [4.69, 9.17) is 12.0 Å². The summed E-state index contributed by atoms with van der Waals surface area (Å²) in [4.78, 5) is 57.5. The van der Waals surface area contributed by atoms with E-state index in [9.17, 15) is 29.4 Å². The number of aliphatic hydroxyl groups is 2. The third-order valence-electron chi connectivity index (χ3n) is 15.2. The third-order valence-corrected chi connectivity index (χ3v) is 16.7. The number of allylic oxidation sites excluding steroid dienone is 1. The first kappa shape index (κ1) is 40.8. The van der Waals surface area contributed by atoms with E-state index in [0.29, 0.717) is 73.1 Å². The molecule has 11 nitrogen and oxygen atoms in total. The Bertz CT molecular complexity index is 1600. The van der Waals surface area contributed by atoms with Gasteiger partial charge < -0.3 is 15.5 Å². The number of β-lactam (4-membered cyclic amide) rings is 1. The van der Waals surface area contributed by atoms with Crippen molar-refractivity contribution >= 4 is 35.1 Å². The summed E-state index contributed by atoms with van der Waals surface area (Å²) >= 11 is 1.53. The van der Waals surface area contributed by atoms with Gasteiger partial charge in [-0.1, -0.05) is 25.9 Å². The number of aliphatic hydroxyl groups excluding tert-OH is 2. The number of ketones is 2. The first-order valence-corrected chi connectivity index (χ1v) is 21.6. The van der Waals surface area contributed by atoms with Crippen molar-refractivity contribution in [2.24, 2.45) is 57.4 Å². The van der Waals surface area contributed by atoms with E-state index in [-0.39, 0.29) is 77.1 Å². The van der Waals surface area contributed by atoms with Gasteiger partial charge in [0.05, 0.1) is 17.9 Å². The van der Waals surface area contributed by atoms with Gasteiger partial charge in [-0.05, 0) is 134 Å². The van der Waals surface area contributed by atoms with E-state index in [1.54, 1.807) is 0 Å². The summed E-state index contributed by atoms with van der Waals surface area (Å²) in [6.07, 6.45) is 15.3. The van der Waals surface area contributed by atoms with E-state index in [1.165, 1.54) is 29.5 Å². The molecule has 12 heteroatoms. The van der Waals surface area contributed by atoms with Crippen molar-refractivity contribution in [1.82, 2.24) is 10.2 Å². The second-order valence-electron chi connectivity index (χ2n) is 18.2. The number of amides is 2. The van der Waals surface area contributed by atoms with Crippen LogP contribution in [0.15, 0.2) is 16.4 Å². The molecule has 5 fully saturated rings. The number of thioether (sulfide) groups is 1. The van der Waals surface area contributed by atoms with Crippen LogP contribution in [0.25, 0.3) is 10.4 Å². The van der Waals surface area contributed by atoms with Crippen molar-refractivity contribution in [2.75, 3.05) is 12.3 Å². The molecule has 2 aliphatic heterocycles. The van der Waals surface area contributed by atoms with Crippen LogP contribution < -0.4 is 5.32 Å². The highest BCUT2D eigenvalue weighted by atomic mass is 32.2. The molecule has 6 rings (SSSR count). The molecule has 296 valence electrons. The van der Waals surface area contributed by atoms with Crippen LogP contribution in [-0.4, -0.2) is 74.4 Å². The fourth-order valence-corrected chi connectivity index (χ4v) is 13.6. The van der Waals surface area contributed by atoms with Gasteiger partial charge in [0, 0.05) is 49.3 Å². The zero-order valence-electron chi connectivity index (χ0n) is 32.7. The maximum absolute atomic E-state index is 13.7. The van der Waals surface area contributed by atoms with Crippen molar-refractivity contribution < 1.29 is 29.4 Å². The predicted molar refractivity (Wildman–Crippen MR) is 208 cm³/mol. The Morgan fingerprint density at radius 2 is 1.89 bits per heavy atom. The minimum absolute atomic E-state index is 0.00499. The number of terminal acetylenes is 1. The molecule has 1 saturated heterocycles. The number of carbonyl (C=O) groups excluding carboxylic acids is 4. The van der Waals surface area contributed by atoms with Crippen LogP contribution in [0.2, 0.25) is 0 Å². The van der Waals surface area contributed by atoms with Crippen LogP contribution in [0.3, 0.4) is 0 Å². The number of Topliss-reactive ketones (excluding diaryl/α,β-unsaturated/α-hetero) is 2. The van der Waals surface area contributed by atoms with Crippen molar-refractivity contribution in [1.29, 1.82) is 0 Å². The Labute approximate surface area is 325 Å². The molecule has 2 heterocycles. The standard InChI is InChI=1S/C42H61N5O6S/c1-6-7-8-9-28(48)18-26(22-44-46-43)19-34(50)38-25(3)23-54-40-37(39(53)47(38)40)45-36(52)15-10-24(2)31-13-14-32-30-12-11-27-20-29(49)16-17-41(27,4)33(30)21-35(51)42(31,32)5/h1,24,26-27,29-33,35,37,40,49,51H,7-23H2,2-5H3,(H,45,52)/t24-,26?,27-,29-,30+,31-,32+,33+,35?,37?,40?,41+,42-/m1/s1. The maximum atomic E-state index is 13.7. The number of azide groups is 1. The molecule has 4 aliphatic carbocycles. The highest BCUT2D eigenvalue weighted by molar-refractivity contribution is 8.00. The average molecular weight is 764 g/mol. The minimum atomic E-state index is -0.715. The van der Waals surface area contributed by atoms with Gasteiger partial charge in [-0.25, -0.2) is 0 Å². The lowest BCUT2D eigenvalue weighted by molar-refractivity contribution is -0.175. The van der Waals surface area contributed by atoms with Gasteiger partial charge in [0.25, 0.3) is 5.91 Å². The Morgan fingerprint density at radius 1 is 1.11 bits per heavy atom. The van der Waals surface area contributed by atoms with Gasteiger partial charge in [0.15, 0.2) is 5.78 Å². The largest absolute Gasteiger partial charge is 0.393 e. The fourth-order valence-electron chi connectivity index (χ4n) is 12.4. The average Bonchev–Trinajstić information content (AvgIpc) is 3.51. The second-order valence-corrected chi connectivity index (χ2v) is 19.3. The number of fused-ring (bicyclic) bond motifs is 6. The number of hydrogen-bond acceptors (Lipinski definition) is 8. The van der Waals surface area contributed by atoms with Crippen molar-refractivity contribution in [3.63, 3.8) is 0 Å². The molecule has 6 aliphatic rings. The molecular formula is C42H61N5O6S. The molecule has 4 unspecified atom stereocenters. The Morgan fingerprint density at radius 3 is 2.63 bits per heavy atom. The van der Waals surface area contributed by atoms with E-state index < -0.39 is 12.0 Å². The molecule has 4 saturated carbocycles. The van der Waals surface area contributed by atoms with Gasteiger partial charge in [-0.3, -0.25) is 24.1 Å². The summed E-state index contributed by atoms with van der Waals surface area (Å²) < 4.78 is 0. The van der Waals surface area contributed by atoms with E-state index in [2.05, 4.69) is 42.0 Å². The lowest BCUT2D eigenvalue weighted by atomic mass is 9.43. The van der Waals surface area contributed by atoms with E-state index in [1.807, 2.05) is 6.92 Å². The summed E-state index contributed by atoms with van der Waals surface area (Å²) in [7, 11) is 0. The molecule has 54 heavy (non-hydrogen) atoms. The minimum Gasteiger partial charge on any atom is -0.393 e. The van der Waals surface area contributed by atoms with Gasteiger partial charge in [0.1, 0.15) is 17.2 Å². The van der Waals surface area contributed by atoms with Crippen molar-refractivity contribution in [3.05, 3.63) is 21.7 Å². The lowest BCUT2D eigenvalue weighted by Gasteiger charge is -2.62. The van der Waals surface area contributed by atoms with Gasteiger partial charge >= 0.3 is 0 Å². The SMILES string of the molecule is C#CCCCC(=O)CC(CN=[N+]=[N-])CC(=O)C1=C(C)CSC2C(NC(=O)CC[C@@H](C)[C@H]3CC[C@H]4[C@@H]5CC[C@@H]6C[C@H](O)CC[C@]6(C)[C@H]5CC(O)[C@]34C)C(=O)N12. The smallest absolute Gasteiger partial charge is 0.253 e. The molecule has 0 spiro atoms. The van der Waals surface area contributed by atoms with Crippen LogP contribution in [0.5, 0.6) is 0 Å². The van der Waals surface area contributed by atoms with Gasteiger partial charge in [-0.15, -0.1) is 24.1 Å². The number of nitrogens with one attached hydrogen (secondary N) is 1. The summed E-state index contributed by atoms with van der Waals surface area (Å²) in [5.74, 6) is 4.47. The second kappa shape index (κ2) is 16.7. The van der Waals surface area contributed by atoms with Gasteiger partial charge in [0.2, 0.25) is 5.91 Å². The summed E-state index contributed by atoms with van der Waals surface area (Å²) in [6, 6.07) is -0.715. The topological polar surface area (TPSA) is 173 Å². The Kier molecular flexibility index (Phi) is 12.6. The summed E-state index contributed by atoms with van der Waals surface area (Å²) in [6.45, 7) is 8.82. The van der Waals surface area contributed by atoms with E-state index >= 15 is 0 Å². The first-order chi connectivity index (χ1) is 25.7. The van der Waals surface area contributed by atoms with Crippen molar-refractivity contribution in [3.8, 4) is 12.3 Å². The molecule has 0 aromatic carbocycles. The molecule has 0 bridgehead atoms. The molecule has 0 radical (unpaired) electrons. The number of rotatable bonds is 15. The third kappa shape index (κ3) is 7.64. The van der Waals surface area contributed by atoms with Crippen LogP contribution in [0.1, 0.15) is 124 Å². The monoisotopic (exact) mass is 763 g/mol.